The molecule has 5 atom stereocenters. The third-order valence-corrected chi connectivity index (χ3v) is 15.5. The SMILES string of the molecule is CNCc1cc(O)cc(C2(C(=O)CC(O)C(Cc3cc[n-]c3)Cc3ccc(O)c(OC)c3Cc3cccc4ccccc34)C=CC3SSCC(C)(O)CNCOc4c(O)ccc(c43)C2)c1. The van der Waals surface area contributed by atoms with Crippen molar-refractivity contribution in [2.75, 3.05) is 33.2 Å². The fourth-order valence-electron chi connectivity index (χ4n) is 9.37. The van der Waals surface area contributed by atoms with E-state index in [1.165, 1.54) is 21.6 Å². The van der Waals surface area contributed by atoms with Crippen LogP contribution in [-0.2, 0) is 42.4 Å². The van der Waals surface area contributed by atoms with Crippen molar-refractivity contribution in [3.8, 4) is 28.7 Å². The molecule has 2 aliphatic rings. The second-order valence-corrected chi connectivity index (χ2v) is 20.0. The summed E-state index contributed by atoms with van der Waals surface area (Å²) in [5, 5.41) is 65.3. The highest BCUT2D eigenvalue weighted by Gasteiger charge is 2.43. The van der Waals surface area contributed by atoms with Crippen molar-refractivity contribution in [3.05, 3.63) is 160 Å². The molecule has 11 nitrogen and oxygen atoms in total. The molecule has 0 bridgehead atoms. The molecule has 0 saturated carbocycles. The van der Waals surface area contributed by atoms with Gasteiger partial charge in [-0.3, -0.25) is 10.1 Å². The molecule has 5 aromatic carbocycles. The number of hydrogen-bond donors (Lipinski definition) is 7. The normalized spacial score (nSPS) is 20.8. The molecule has 13 heteroatoms. The number of aliphatic hydroxyl groups is 2. The number of carbonyl (C=O) groups is 1. The third kappa shape index (κ3) is 10.2. The van der Waals surface area contributed by atoms with Crippen LogP contribution in [0.1, 0.15) is 63.1 Å². The first-order chi connectivity index (χ1) is 31.4. The van der Waals surface area contributed by atoms with Crippen LogP contribution in [0.2, 0.25) is 0 Å². The zero-order valence-corrected chi connectivity index (χ0v) is 38.4. The van der Waals surface area contributed by atoms with Gasteiger partial charge in [0.15, 0.2) is 23.0 Å². The maximum Gasteiger partial charge on any atom is 0.167 e. The van der Waals surface area contributed by atoms with Gasteiger partial charge in [0.1, 0.15) is 18.3 Å². The van der Waals surface area contributed by atoms with Crippen molar-refractivity contribution in [2.24, 2.45) is 5.92 Å². The Morgan fingerprint density at radius 3 is 2.60 bits per heavy atom. The molecule has 2 heterocycles. The second kappa shape index (κ2) is 20.0. The van der Waals surface area contributed by atoms with Crippen molar-refractivity contribution in [2.45, 2.75) is 67.9 Å². The van der Waals surface area contributed by atoms with E-state index in [-0.39, 0.29) is 42.6 Å². The van der Waals surface area contributed by atoms with Crippen molar-refractivity contribution in [1.82, 2.24) is 15.6 Å². The summed E-state index contributed by atoms with van der Waals surface area (Å²) in [5.74, 6) is 0.313. The molecule has 1 aromatic heterocycles. The van der Waals surface area contributed by atoms with Gasteiger partial charge in [0.2, 0.25) is 0 Å². The summed E-state index contributed by atoms with van der Waals surface area (Å²) in [6.45, 7) is 2.53. The van der Waals surface area contributed by atoms with Gasteiger partial charge in [-0.2, -0.15) is 12.4 Å². The molecule has 65 heavy (non-hydrogen) atoms. The predicted molar refractivity (Wildman–Crippen MR) is 258 cm³/mol. The molecule has 0 amide bonds. The lowest BCUT2D eigenvalue weighted by molar-refractivity contribution is -0.125. The van der Waals surface area contributed by atoms with Gasteiger partial charge in [-0.25, -0.2) is 0 Å². The van der Waals surface area contributed by atoms with Gasteiger partial charge in [-0.05, 0) is 102 Å². The Hall–Kier alpha value is -5.41. The number of aromatic hydroxyl groups is 3. The Bertz CT molecular complexity index is 2660. The van der Waals surface area contributed by atoms with Gasteiger partial charge in [0, 0.05) is 42.8 Å². The molecule has 1 aliphatic heterocycles. The number of β-amino-alcohol motifs (C(OH)–C–C–N with tert-alkyl or cyclic N) is 1. The Kier molecular flexibility index (Phi) is 14.2. The third-order valence-electron chi connectivity index (χ3n) is 12.6. The van der Waals surface area contributed by atoms with Crippen LogP contribution in [0.3, 0.4) is 0 Å². The van der Waals surface area contributed by atoms with E-state index < -0.39 is 28.3 Å². The van der Waals surface area contributed by atoms with Crippen LogP contribution in [0.5, 0.6) is 28.7 Å². The zero-order valence-electron chi connectivity index (χ0n) is 36.8. The average Bonchev–Trinajstić information content (AvgIpc) is 3.73. The Balaban J connectivity index is 1.20. The van der Waals surface area contributed by atoms with Crippen molar-refractivity contribution < 1.29 is 39.8 Å². The van der Waals surface area contributed by atoms with E-state index in [4.69, 9.17) is 9.47 Å². The predicted octanol–water partition coefficient (Wildman–Crippen LogP) is 7.82. The first-order valence-electron chi connectivity index (χ1n) is 21.9. The molecule has 340 valence electrons. The first-order valence-corrected chi connectivity index (χ1v) is 24.2. The number of ether oxygens (including phenoxy) is 2. The van der Waals surface area contributed by atoms with Gasteiger partial charge in [-0.15, -0.1) is 0 Å². The van der Waals surface area contributed by atoms with E-state index in [0.29, 0.717) is 55.2 Å². The highest BCUT2D eigenvalue weighted by Crippen LogP contribution is 2.52. The number of hydrogen-bond acceptors (Lipinski definition) is 12. The maximum absolute atomic E-state index is 15.6. The number of carbonyl (C=O) groups excluding carboxylic acids is 1. The number of ketones is 1. The first kappa shape index (κ1) is 46.1. The number of methoxy groups -OCH3 is 1. The monoisotopic (exact) mass is 914 g/mol. The summed E-state index contributed by atoms with van der Waals surface area (Å²) >= 11 is 0. The highest BCUT2D eigenvalue weighted by atomic mass is 33.1. The van der Waals surface area contributed by atoms with Crippen LogP contribution in [0.4, 0.5) is 0 Å². The summed E-state index contributed by atoms with van der Waals surface area (Å²) in [4.78, 5) is 20.0. The number of aliphatic hydroxyl groups excluding tert-OH is 1. The fourth-order valence-corrected chi connectivity index (χ4v) is 12.3. The largest absolute Gasteiger partial charge is 0.670 e. The number of allylic oxidation sites excluding steroid dienone is 1. The van der Waals surface area contributed by atoms with Crippen LogP contribution in [0.15, 0.2) is 116 Å². The Labute approximate surface area is 387 Å². The summed E-state index contributed by atoms with van der Waals surface area (Å²) in [7, 11) is 6.36. The van der Waals surface area contributed by atoms with Crippen LogP contribution in [0.25, 0.3) is 10.8 Å². The minimum Gasteiger partial charge on any atom is -0.670 e. The maximum atomic E-state index is 15.6. The van der Waals surface area contributed by atoms with Crippen LogP contribution in [0, 0.1) is 5.92 Å². The number of benzene rings is 5. The van der Waals surface area contributed by atoms with Gasteiger partial charge in [0.25, 0.3) is 0 Å². The number of rotatable bonds is 14. The van der Waals surface area contributed by atoms with Gasteiger partial charge >= 0.3 is 0 Å². The molecule has 7 N–H and O–H groups in total. The number of aromatic nitrogens is 1. The number of nitrogens with zero attached hydrogens (tertiary/aromatic N) is 1. The summed E-state index contributed by atoms with van der Waals surface area (Å²) in [6.07, 6.45) is 7.36. The lowest BCUT2D eigenvalue weighted by Crippen LogP contribution is -2.41. The number of nitrogens with one attached hydrogen (secondary N) is 2. The van der Waals surface area contributed by atoms with E-state index in [9.17, 15) is 25.5 Å². The molecule has 0 saturated heterocycles. The molecule has 0 spiro atoms. The molecule has 5 unspecified atom stereocenters. The molecular formula is C52H56N3O8S2-. The number of phenolic OH excluding ortho intramolecular Hbond substituents is 3. The number of phenols is 3. The quantitative estimate of drug-likeness (QED) is 0.0417. The van der Waals surface area contributed by atoms with Gasteiger partial charge in [0.05, 0.1) is 29.5 Å². The fraction of sp³-hybridized carbons (Fsp3) is 0.327. The molecule has 0 radical (unpaired) electrons. The smallest absolute Gasteiger partial charge is 0.167 e. The van der Waals surface area contributed by atoms with E-state index >= 15 is 4.79 Å². The minimum absolute atomic E-state index is 0.00610. The summed E-state index contributed by atoms with van der Waals surface area (Å²) in [6, 6.07) is 28.4. The lowest BCUT2D eigenvalue weighted by Gasteiger charge is -2.33. The molecule has 1 aliphatic carbocycles. The van der Waals surface area contributed by atoms with Crippen LogP contribution < -0.4 is 25.1 Å². The summed E-state index contributed by atoms with van der Waals surface area (Å²) in [5.41, 5.74) is 4.06. The zero-order chi connectivity index (χ0) is 45.7. The highest BCUT2D eigenvalue weighted by molar-refractivity contribution is 8.76. The Morgan fingerprint density at radius 2 is 1.80 bits per heavy atom. The van der Waals surface area contributed by atoms with E-state index in [1.807, 2.05) is 61.7 Å². The van der Waals surface area contributed by atoms with Crippen LogP contribution >= 0.6 is 21.6 Å². The summed E-state index contributed by atoms with van der Waals surface area (Å²) < 4.78 is 12.1. The molecule has 6 aromatic rings. The minimum atomic E-state index is -1.38. The van der Waals surface area contributed by atoms with E-state index in [0.717, 1.165) is 49.7 Å². The van der Waals surface area contributed by atoms with E-state index in [2.05, 4.69) is 39.9 Å². The van der Waals surface area contributed by atoms with Gasteiger partial charge < -0.3 is 45.3 Å². The number of Topliss-reactive ketones (excluding diaryl/α,β-unsaturated/α-hetero) is 1. The molecular weight excluding hydrogens is 859 g/mol. The van der Waals surface area contributed by atoms with E-state index in [1.54, 1.807) is 50.7 Å². The standard InChI is InChI=1S/C52H56N3O8S2/c1-51(61)29-55-31-63-50-44(58)14-12-37-26-52(17-15-46(48(37)50)65-64-30-51,39-20-33(27-53-2)21-40(56)24-39)47(60)25-45(59)38(19-32-16-18-54-28-32)22-36-11-13-43(57)49(62-3)42(36)23-35-9-6-8-34-7-4-5-10-41(34)35/h4-18,20-21,24,28,38,45-46,53,55-59,61H,19,22-23,25-27,29-31H2,1-3H3/q-1. The van der Waals surface area contributed by atoms with Gasteiger partial charge in [-0.1, -0.05) is 106 Å². The van der Waals surface area contributed by atoms with Crippen LogP contribution in [-0.4, -0.2) is 76.2 Å². The molecule has 8 rings (SSSR count). The van der Waals surface area contributed by atoms with Crippen molar-refractivity contribution >= 4 is 38.1 Å². The van der Waals surface area contributed by atoms with Crippen molar-refractivity contribution in [1.29, 1.82) is 0 Å². The van der Waals surface area contributed by atoms with Crippen molar-refractivity contribution in [3.63, 3.8) is 0 Å². The lowest BCUT2D eigenvalue weighted by atomic mass is 9.69. The topological polar surface area (TPSA) is 175 Å². The average molecular weight is 915 g/mol. The second-order valence-electron chi connectivity index (χ2n) is 17.5. The number of fused-ring (bicyclic) bond motifs is 1. The molecule has 0 fully saturated rings. The Morgan fingerprint density at radius 1 is 0.985 bits per heavy atom.